The Morgan fingerprint density at radius 3 is 1.88 bits per heavy atom. The first-order valence-corrected chi connectivity index (χ1v) is 3.65. The number of aliphatic hydroxyl groups is 2. The van der Waals surface area contributed by atoms with Crippen LogP contribution < -0.4 is 0 Å². The Hall–Kier alpha value is 0.270. The van der Waals surface area contributed by atoms with Gasteiger partial charge in [-0.15, -0.1) is 0 Å². The van der Waals surface area contributed by atoms with Crippen LogP contribution in [0.1, 0.15) is 0 Å². The molecule has 50 valence electrons. The maximum absolute atomic E-state index is 8.10. The lowest BCUT2D eigenvalue weighted by atomic mass is 11.6. The minimum Gasteiger partial charge on any atom is -0.370 e. The summed E-state index contributed by atoms with van der Waals surface area (Å²) in [7, 11) is -1.08. The van der Waals surface area contributed by atoms with E-state index in [-0.39, 0.29) is 13.6 Å². The Morgan fingerprint density at radius 1 is 1.25 bits per heavy atom. The molecule has 8 heavy (non-hydrogen) atoms. The van der Waals surface area contributed by atoms with Crippen molar-refractivity contribution in [1.29, 1.82) is 0 Å². The summed E-state index contributed by atoms with van der Waals surface area (Å²) in [6.45, 7) is 0.923. The molecule has 0 aromatic heterocycles. The quantitative estimate of drug-likeness (QED) is 0.421. The van der Waals surface area contributed by atoms with Crippen LogP contribution >= 0.6 is 8.38 Å². The largest absolute Gasteiger partial charge is 0.370 e. The molecule has 0 aromatic rings. The molecule has 0 aliphatic carbocycles. The third-order valence-electron chi connectivity index (χ3n) is 0.479. The number of aliphatic hydroxyl groups excluding tert-OH is 2. The van der Waals surface area contributed by atoms with E-state index in [9.17, 15) is 0 Å². The van der Waals surface area contributed by atoms with Crippen molar-refractivity contribution in [2.24, 2.45) is 0 Å². The van der Waals surface area contributed by atoms with Gasteiger partial charge in [0.2, 0.25) is 0 Å². The molecule has 0 spiro atoms. The van der Waals surface area contributed by atoms with E-state index >= 15 is 0 Å². The topological polar surface area (TPSA) is 58.9 Å². The summed E-state index contributed by atoms with van der Waals surface area (Å²) in [5.74, 6) is 0. The Kier molecular flexibility index (Phi) is 5.59. The Labute approximate surface area is 49.0 Å². The van der Waals surface area contributed by atoms with Crippen molar-refractivity contribution in [3.63, 3.8) is 0 Å². The molecule has 0 radical (unpaired) electrons. The van der Waals surface area contributed by atoms with Crippen LogP contribution in [0.2, 0.25) is 0 Å². The molecule has 5 heteroatoms. The first-order chi connectivity index (χ1) is 3.81. The molecule has 2 N–H and O–H groups in total. The number of hydrogen-bond donors (Lipinski definition) is 2. The fraction of sp³-hybridized carbons (Fsp3) is 1.00. The predicted octanol–water partition coefficient (Wildman–Crippen LogP) is -0.139. The van der Waals surface area contributed by atoms with Crippen molar-refractivity contribution in [2.75, 3.05) is 20.3 Å². The maximum Gasteiger partial charge on any atom is 0.171 e. The minimum atomic E-state index is -1.08. The van der Waals surface area contributed by atoms with Gasteiger partial charge in [-0.1, -0.05) is 0 Å². The van der Waals surface area contributed by atoms with Gasteiger partial charge in [0.05, 0.1) is 0 Å². The SMILES string of the molecule is CP(OCO)OCO. The Balaban J connectivity index is 2.92. The van der Waals surface area contributed by atoms with Crippen LogP contribution in [-0.4, -0.2) is 30.5 Å². The normalized spacial score (nSPS) is 10.5. The van der Waals surface area contributed by atoms with E-state index in [2.05, 4.69) is 9.05 Å². The van der Waals surface area contributed by atoms with Crippen molar-refractivity contribution in [1.82, 2.24) is 0 Å². The van der Waals surface area contributed by atoms with Gasteiger partial charge in [0, 0.05) is 6.66 Å². The molecule has 0 saturated carbocycles. The zero-order valence-electron chi connectivity index (χ0n) is 4.57. The van der Waals surface area contributed by atoms with E-state index < -0.39 is 8.38 Å². The number of hydrogen-bond acceptors (Lipinski definition) is 4. The molecular weight excluding hydrogens is 131 g/mol. The van der Waals surface area contributed by atoms with Crippen molar-refractivity contribution >= 4 is 8.38 Å². The lowest BCUT2D eigenvalue weighted by molar-refractivity contribution is 0.0590. The van der Waals surface area contributed by atoms with Crippen molar-refractivity contribution < 1.29 is 19.3 Å². The lowest BCUT2D eigenvalue weighted by Crippen LogP contribution is -1.91. The third kappa shape index (κ3) is 4.43. The highest BCUT2D eigenvalue weighted by Crippen LogP contribution is 2.31. The maximum atomic E-state index is 8.10. The van der Waals surface area contributed by atoms with Gasteiger partial charge in [-0.3, -0.25) is 0 Å². The van der Waals surface area contributed by atoms with Crippen LogP contribution in [0.3, 0.4) is 0 Å². The molecule has 0 fully saturated rings. The summed E-state index contributed by atoms with van der Waals surface area (Å²) in [6, 6.07) is 0. The molecule has 0 amide bonds. The molecule has 0 heterocycles. The zero-order valence-corrected chi connectivity index (χ0v) is 5.47. The van der Waals surface area contributed by atoms with Gasteiger partial charge in [0.15, 0.2) is 8.38 Å². The van der Waals surface area contributed by atoms with Crippen LogP contribution in [0.5, 0.6) is 0 Å². The zero-order chi connectivity index (χ0) is 6.41. The van der Waals surface area contributed by atoms with E-state index in [0.717, 1.165) is 0 Å². The van der Waals surface area contributed by atoms with Crippen molar-refractivity contribution in [2.45, 2.75) is 0 Å². The second-order valence-electron chi connectivity index (χ2n) is 0.956. The summed E-state index contributed by atoms with van der Waals surface area (Å²) in [5, 5.41) is 16.2. The molecule has 0 rings (SSSR count). The van der Waals surface area contributed by atoms with E-state index in [1.807, 2.05) is 0 Å². The molecule has 4 nitrogen and oxygen atoms in total. The average Bonchev–Trinajstić information content (AvgIpc) is 1.68. The third-order valence-corrected chi connectivity index (χ3v) is 1.44. The van der Waals surface area contributed by atoms with E-state index in [4.69, 9.17) is 10.2 Å². The monoisotopic (exact) mass is 140 g/mol. The number of rotatable bonds is 4. The fourth-order valence-electron chi connectivity index (χ4n) is 0.200. The highest BCUT2D eigenvalue weighted by molar-refractivity contribution is 7.46. The Bertz CT molecular complexity index is 44.5. The smallest absolute Gasteiger partial charge is 0.171 e. The van der Waals surface area contributed by atoms with Gasteiger partial charge in [0.25, 0.3) is 0 Å². The second-order valence-corrected chi connectivity index (χ2v) is 2.35. The average molecular weight is 140 g/mol. The molecule has 0 unspecified atom stereocenters. The summed E-state index contributed by atoms with van der Waals surface area (Å²) in [4.78, 5) is 0. The van der Waals surface area contributed by atoms with Gasteiger partial charge >= 0.3 is 0 Å². The van der Waals surface area contributed by atoms with Gasteiger partial charge in [-0.25, -0.2) is 0 Å². The van der Waals surface area contributed by atoms with Crippen molar-refractivity contribution in [3.8, 4) is 0 Å². The van der Waals surface area contributed by atoms with Crippen LogP contribution in [0.4, 0.5) is 0 Å². The fourth-order valence-corrected chi connectivity index (χ4v) is 0.600. The highest BCUT2D eigenvalue weighted by atomic mass is 31.2. The molecule has 0 atom stereocenters. The standard InChI is InChI=1S/C3H9O4P/c1-8(6-2-4)7-3-5/h4-5H,2-3H2,1H3. The second kappa shape index (κ2) is 5.41. The van der Waals surface area contributed by atoms with Crippen molar-refractivity contribution in [3.05, 3.63) is 0 Å². The van der Waals surface area contributed by atoms with Crippen LogP contribution in [0.25, 0.3) is 0 Å². The molecule has 0 aromatic carbocycles. The minimum absolute atomic E-state index is 0.359. The van der Waals surface area contributed by atoms with Gasteiger partial charge in [-0.2, -0.15) is 0 Å². The summed E-state index contributed by atoms with van der Waals surface area (Å²) < 4.78 is 9.04. The van der Waals surface area contributed by atoms with E-state index in [1.54, 1.807) is 6.66 Å². The van der Waals surface area contributed by atoms with E-state index in [1.165, 1.54) is 0 Å². The molecular formula is C3H9O4P. The highest BCUT2D eigenvalue weighted by Gasteiger charge is 1.97. The Morgan fingerprint density at radius 2 is 1.62 bits per heavy atom. The van der Waals surface area contributed by atoms with Gasteiger partial charge in [0.1, 0.15) is 13.6 Å². The van der Waals surface area contributed by atoms with Crippen LogP contribution in [0, 0.1) is 0 Å². The van der Waals surface area contributed by atoms with Crippen LogP contribution in [-0.2, 0) is 9.05 Å². The summed E-state index contributed by atoms with van der Waals surface area (Å²) in [6.07, 6.45) is 0. The first kappa shape index (κ1) is 8.27. The lowest BCUT2D eigenvalue weighted by Gasteiger charge is -2.06. The first-order valence-electron chi connectivity index (χ1n) is 2.02. The summed E-state index contributed by atoms with van der Waals surface area (Å²) in [5.41, 5.74) is 0. The summed E-state index contributed by atoms with van der Waals surface area (Å²) >= 11 is 0. The molecule has 0 aliphatic rings. The molecule has 0 saturated heterocycles. The molecule has 0 bridgehead atoms. The van der Waals surface area contributed by atoms with Gasteiger partial charge in [-0.05, 0) is 0 Å². The molecule has 0 aliphatic heterocycles. The van der Waals surface area contributed by atoms with E-state index in [0.29, 0.717) is 0 Å². The predicted molar refractivity (Wildman–Crippen MR) is 29.2 cm³/mol. The van der Waals surface area contributed by atoms with Gasteiger partial charge < -0.3 is 19.3 Å². The van der Waals surface area contributed by atoms with Crippen LogP contribution in [0.15, 0.2) is 0 Å².